The van der Waals surface area contributed by atoms with Gasteiger partial charge in [-0.15, -0.1) is 24.5 Å². The molecule has 0 aliphatic rings. The predicted octanol–water partition coefficient (Wildman–Crippen LogP) is 3.29. The molecule has 0 spiro atoms. The van der Waals surface area contributed by atoms with Crippen molar-refractivity contribution in [1.82, 2.24) is 0 Å². The maximum absolute atomic E-state index is 5.27. The second kappa shape index (κ2) is 4.68. The van der Waals surface area contributed by atoms with Crippen LogP contribution in [0.25, 0.3) is 0 Å². The van der Waals surface area contributed by atoms with Crippen molar-refractivity contribution in [3.8, 4) is 0 Å². The van der Waals surface area contributed by atoms with E-state index in [2.05, 4.69) is 24.5 Å². The summed E-state index contributed by atoms with van der Waals surface area (Å²) >= 11 is 13.0. The molecule has 0 saturated carbocycles. The molecule has 0 amide bonds. The van der Waals surface area contributed by atoms with Gasteiger partial charge in [0.05, 0.1) is 6.61 Å². The second-order valence-corrected chi connectivity index (χ2v) is 11.0. The van der Waals surface area contributed by atoms with Gasteiger partial charge < -0.3 is 4.52 Å². The van der Waals surface area contributed by atoms with Gasteiger partial charge in [-0.25, -0.2) is 0 Å². The van der Waals surface area contributed by atoms with E-state index >= 15 is 0 Å². The molecule has 0 fully saturated rings. The Balaban J connectivity index is 2.50. The number of hydrogen-bond acceptors (Lipinski definition) is 2. The lowest BCUT2D eigenvalue weighted by molar-refractivity contribution is 0.356. The normalized spacial score (nSPS) is 11.5. The van der Waals surface area contributed by atoms with Gasteiger partial charge in [-0.2, -0.15) is 0 Å². The maximum atomic E-state index is 5.27. The van der Waals surface area contributed by atoms with Crippen molar-refractivity contribution in [3.63, 3.8) is 0 Å². The fraction of sp³-hybridized carbons (Fsp3) is 0.143. The van der Waals surface area contributed by atoms with Crippen LogP contribution >= 0.6 is 29.2 Å². The van der Waals surface area contributed by atoms with Crippen LogP contribution in [-0.2, 0) is 22.9 Å². The Morgan fingerprint density at radius 2 is 1.83 bits per heavy atom. The lowest BCUT2D eigenvalue weighted by atomic mass is 10.2. The second-order valence-electron chi connectivity index (χ2n) is 2.25. The minimum absolute atomic E-state index is 0.491. The van der Waals surface area contributed by atoms with Crippen LogP contribution in [0.3, 0.4) is 0 Å². The summed E-state index contributed by atoms with van der Waals surface area (Å²) in [6.45, 7) is 0.491. The Kier molecular flexibility index (Phi) is 4.14. The third-order valence-corrected chi connectivity index (χ3v) is 2.72. The summed E-state index contributed by atoms with van der Waals surface area (Å²) in [5, 5.41) is 0. The zero-order valence-corrected chi connectivity index (χ0v) is 9.75. The smallest absolute Gasteiger partial charge is 0.168 e. The van der Waals surface area contributed by atoms with Gasteiger partial charge in [0.2, 0.25) is 0 Å². The molecule has 0 bridgehead atoms. The molecule has 0 radical (unpaired) electrons. The monoisotopic (exact) mass is 236 g/mol. The van der Waals surface area contributed by atoms with Gasteiger partial charge in [0, 0.05) is 0 Å². The van der Waals surface area contributed by atoms with Gasteiger partial charge in [-0.3, -0.25) is 0 Å². The highest BCUT2D eigenvalue weighted by Crippen LogP contribution is 2.57. The number of thiol groups is 2. The number of rotatable bonds is 3. The molecule has 0 aliphatic heterocycles. The van der Waals surface area contributed by atoms with Gasteiger partial charge in [0.25, 0.3) is 0 Å². The molecule has 1 rings (SSSR count). The topological polar surface area (TPSA) is 9.23 Å². The van der Waals surface area contributed by atoms with Crippen LogP contribution in [0, 0.1) is 0 Å². The minimum atomic E-state index is -2.11. The van der Waals surface area contributed by atoms with Gasteiger partial charge in [0.15, 0.2) is 4.67 Å². The molecule has 66 valence electrons. The Labute approximate surface area is 87.9 Å². The first-order chi connectivity index (χ1) is 5.58. The van der Waals surface area contributed by atoms with Crippen molar-refractivity contribution >= 4 is 41.0 Å². The van der Waals surface area contributed by atoms with E-state index in [1.54, 1.807) is 0 Å². The molecular weight excluding hydrogens is 227 g/mol. The van der Waals surface area contributed by atoms with Gasteiger partial charge in [-0.1, -0.05) is 30.3 Å². The third kappa shape index (κ3) is 4.53. The van der Waals surface area contributed by atoms with E-state index in [1.807, 2.05) is 30.3 Å². The molecule has 0 unspecified atom stereocenters. The Morgan fingerprint density at radius 1 is 1.25 bits per heavy atom. The molecule has 0 aromatic heterocycles. The zero-order valence-electron chi connectivity index (χ0n) is 6.25. The van der Waals surface area contributed by atoms with Crippen LogP contribution in [-0.4, -0.2) is 0 Å². The van der Waals surface area contributed by atoms with E-state index in [1.165, 1.54) is 0 Å². The quantitative estimate of drug-likeness (QED) is 0.615. The van der Waals surface area contributed by atoms with Crippen molar-refractivity contribution in [2.75, 3.05) is 0 Å². The summed E-state index contributed by atoms with van der Waals surface area (Å²) in [5.41, 5.74) is 1.09. The SMILES string of the molecule is S=P(S)(S)OCc1ccccc1. The summed E-state index contributed by atoms with van der Waals surface area (Å²) < 4.78 is 3.16. The van der Waals surface area contributed by atoms with Crippen molar-refractivity contribution in [2.24, 2.45) is 0 Å². The first-order valence-corrected chi connectivity index (χ1v) is 8.34. The first-order valence-electron chi connectivity index (χ1n) is 3.32. The highest BCUT2D eigenvalue weighted by molar-refractivity contribution is 8.90. The molecular formula is C7H9OPS3. The maximum Gasteiger partial charge on any atom is 0.168 e. The van der Waals surface area contributed by atoms with E-state index in [4.69, 9.17) is 16.3 Å². The standard InChI is InChI=1S/C7H9OPS3/c10-9(11,12)8-6-7-4-2-1-3-5-7/h1-5H,6H2,(H2,10,11,12). The van der Waals surface area contributed by atoms with Gasteiger partial charge in [0.1, 0.15) is 0 Å². The molecule has 0 N–H and O–H groups in total. The number of hydrogen-bond donors (Lipinski definition) is 2. The van der Waals surface area contributed by atoms with E-state index in [0.717, 1.165) is 5.56 Å². The van der Waals surface area contributed by atoms with Crippen LogP contribution < -0.4 is 0 Å². The fourth-order valence-corrected chi connectivity index (χ4v) is 1.55. The van der Waals surface area contributed by atoms with E-state index < -0.39 is 4.67 Å². The van der Waals surface area contributed by atoms with E-state index in [9.17, 15) is 0 Å². The Bertz CT molecular complexity index is 282. The van der Waals surface area contributed by atoms with Gasteiger partial charge >= 0.3 is 0 Å². The molecule has 0 saturated heterocycles. The highest BCUT2D eigenvalue weighted by atomic mass is 33.2. The fourth-order valence-electron chi connectivity index (χ4n) is 0.733. The summed E-state index contributed by atoms with van der Waals surface area (Å²) in [6.07, 6.45) is 0. The summed E-state index contributed by atoms with van der Waals surface area (Å²) in [4.78, 5) is 0. The van der Waals surface area contributed by atoms with Crippen LogP contribution in [0.2, 0.25) is 0 Å². The lowest BCUT2D eigenvalue weighted by Gasteiger charge is -2.08. The van der Waals surface area contributed by atoms with Crippen LogP contribution in [0.15, 0.2) is 30.3 Å². The molecule has 1 aromatic carbocycles. The van der Waals surface area contributed by atoms with E-state index in [-0.39, 0.29) is 0 Å². The van der Waals surface area contributed by atoms with Crippen molar-refractivity contribution in [1.29, 1.82) is 0 Å². The van der Waals surface area contributed by atoms with Gasteiger partial charge in [-0.05, 0) is 17.4 Å². The average molecular weight is 236 g/mol. The lowest BCUT2D eigenvalue weighted by Crippen LogP contribution is -1.84. The molecule has 12 heavy (non-hydrogen) atoms. The van der Waals surface area contributed by atoms with Crippen LogP contribution in [0.4, 0.5) is 0 Å². The van der Waals surface area contributed by atoms with Crippen molar-refractivity contribution in [3.05, 3.63) is 35.9 Å². The third-order valence-electron chi connectivity index (χ3n) is 1.24. The molecule has 5 heteroatoms. The molecule has 0 heterocycles. The Hall–Kier alpha value is 0.530. The average Bonchev–Trinajstić information content (AvgIpc) is 2.02. The van der Waals surface area contributed by atoms with Crippen LogP contribution in [0.1, 0.15) is 5.56 Å². The van der Waals surface area contributed by atoms with Crippen molar-refractivity contribution in [2.45, 2.75) is 6.61 Å². The summed E-state index contributed by atoms with van der Waals surface area (Å²) in [7, 11) is 0. The first kappa shape index (κ1) is 10.6. The summed E-state index contributed by atoms with van der Waals surface area (Å²) in [5.74, 6) is 0. The molecule has 1 nitrogen and oxygen atoms in total. The Morgan fingerprint density at radius 3 is 2.33 bits per heavy atom. The number of benzene rings is 1. The minimum Gasteiger partial charge on any atom is -0.329 e. The van der Waals surface area contributed by atoms with Crippen LogP contribution in [0.5, 0.6) is 0 Å². The molecule has 0 atom stereocenters. The van der Waals surface area contributed by atoms with E-state index in [0.29, 0.717) is 6.61 Å². The zero-order chi connectivity index (χ0) is 9.03. The molecule has 0 aliphatic carbocycles. The molecule has 1 aromatic rings. The highest BCUT2D eigenvalue weighted by Gasteiger charge is 2.03. The largest absolute Gasteiger partial charge is 0.329 e. The van der Waals surface area contributed by atoms with Crippen molar-refractivity contribution < 1.29 is 4.52 Å². The predicted molar refractivity (Wildman–Crippen MR) is 63.5 cm³/mol. The summed E-state index contributed by atoms with van der Waals surface area (Å²) in [6, 6.07) is 9.83.